The zero-order valence-electron chi connectivity index (χ0n) is 11.8. The molecule has 1 aliphatic heterocycles. The van der Waals surface area contributed by atoms with Crippen molar-refractivity contribution in [2.24, 2.45) is 0 Å². The van der Waals surface area contributed by atoms with Gasteiger partial charge in [-0.25, -0.2) is 0 Å². The van der Waals surface area contributed by atoms with Gasteiger partial charge in [-0.15, -0.1) is 0 Å². The highest BCUT2D eigenvalue weighted by molar-refractivity contribution is 6.01. The number of hydrogen-bond donors (Lipinski definition) is 3. The Labute approximate surface area is 122 Å². The second-order valence-corrected chi connectivity index (χ2v) is 4.76. The summed E-state index contributed by atoms with van der Waals surface area (Å²) >= 11 is 0. The molecule has 0 spiro atoms. The molecule has 1 unspecified atom stereocenters. The van der Waals surface area contributed by atoms with Crippen LogP contribution < -0.4 is 11.1 Å². The van der Waals surface area contributed by atoms with Crippen LogP contribution in [0.1, 0.15) is 17.3 Å². The number of carbonyl (C=O) groups excluding carboxylic acids is 2. The molecule has 0 aromatic heterocycles. The summed E-state index contributed by atoms with van der Waals surface area (Å²) in [4.78, 5) is 26.1. The van der Waals surface area contributed by atoms with Crippen LogP contribution in [0, 0.1) is 0 Å². The quantitative estimate of drug-likeness (QED) is 0.535. The number of amides is 2. The third kappa shape index (κ3) is 3.25. The summed E-state index contributed by atoms with van der Waals surface area (Å²) in [5, 5.41) is 12.2. The van der Waals surface area contributed by atoms with Crippen LogP contribution in [0.3, 0.4) is 0 Å². The molecule has 0 radical (unpaired) electrons. The van der Waals surface area contributed by atoms with Gasteiger partial charge in [-0.2, -0.15) is 0 Å². The summed E-state index contributed by atoms with van der Waals surface area (Å²) in [6.07, 6.45) is 0. The number of aromatic hydroxyl groups is 1. The predicted molar refractivity (Wildman–Crippen MR) is 76.8 cm³/mol. The molecule has 1 aliphatic rings. The number of nitrogens with zero attached hydrogens (tertiary/aromatic N) is 1. The summed E-state index contributed by atoms with van der Waals surface area (Å²) in [6.45, 7) is 3.10. The van der Waals surface area contributed by atoms with Crippen LogP contribution in [0.25, 0.3) is 0 Å². The molecule has 1 aromatic rings. The van der Waals surface area contributed by atoms with Crippen LogP contribution >= 0.6 is 0 Å². The van der Waals surface area contributed by atoms with E-state index in [1.54, 1.807) is 6.92 Å². The summed E-state index contributed by atoms with van der Waals surface area (Å²) in [5.41, 5.74) is 6.24. The van der Waals surface area contributed by atoms with E-state index in [4.69, 9.17) is 10.5 Å². The number of benzene rings is 1. The van der Waals surface area contributed by atoms with Crippen LogP contribution in [-0.4, -0.2) is 54.2 Å². The monoisotopic (exact) mass is 293 g/mol. The lowest BCUT2D eigenvalue weighted by Crippen LogP contribution is -2.55. The summed E-state index contributed by atoms with van der Waals surface area (Å²) in [6, 6.07) is 3.49. The predicted octanol–water partition coefficient (Wildman–Crippen LogP) is -0.0485. The molecule has 0 aliphatic carbocycles. The van der Waals surface area contributed by atoms with E-state index in [9.17, 15) is 14.7 Å². The highest BCUT2D eigenvalue weighted by atomic mass is 16.5. The topological polar surface area (TPSA) is 105 Å². The number of morpholine rings is 1. The van der Waals surface area contributed by atoms with Gasteiger partial charge >= 0.3 is 0 Å². The molecule has 2 amide bonds. The van der Waals surface area contributed by atoms with Gasteiger partial charge in [0.1, 0.15) is 11.8 Å². The Morgan fingerprint density at radius 1 is 1.52 bits per heavy atom. The Morgan fingerprint density at radius 2 is 2.29 bits per heavy atom. The van der Waals surface area contributed by atoms with Crippen molar-refractivity contribution in [1.82, 2.24) is 10.2 Å². The van der Waals surface area contributed by atoms with Crippen molar-refractivity contribution in [1.29, 1.82) is 0 Å². The van der Waals surface area contributed by atoms with E-state index >= 15 is 0 Å². The maximum absolute atomic E-state index is 12.6. The number of likely N-dealkylation sites (N-methyl/N-ethyl adjacent to an activating group) is 1. The van der Waals surface area contributed by atoms with Gasteiger partial charge in [0, 0.05) is 18.8 Å². The van der Waals surface area contributed by atoms with Gasteiger partial charge in [0.15, 0.2) is 0 Å². The number of phenols is 1. The fourth-order valence-electron chi connectivity index (χ4n) is 2.24. The van der Waals surface area contributed by atoms with Crippen molar-refractivity contribution < 1.29 is 19.4 Å². The Bertz CT molecular complexity index is 547. The van der Waals surface area contributed by atoms with Crippen molar-refractivity contribution in [3.8, 4) is 5.75 Å². The second kappa shape index (κ2) is 6.45. The third-order valence-electron chi connectivity index (χ3n) is 3.31. The first kappa shape index (κ1) is 15.1. The minimum atomic E-state index is -0.687. The molecule has 0 saturated carbocycles. The molecule has 1 saturated heterocycles. The minimum Gasteiger partial charge on any atom is -0.508 e. The molecule has 0 bridgehead atoms. The van der Waals surface area contributed by atoms with Gasteiger partial charge in [-0.1, -0.05) is 0 Å². The normalized spacial score (nSPS) is 18.3. The molecule has 7 heteroatoms. The second-order valence-electron chi connectivity index (χ2n) is 4.76. The van der Waals surface area contributed by atoms with Crippen molar-refractivity contribution in [3.05, 3.63) is 23.8 Å². The van der Waals surface area contributed by atoms with E-state index in [1.165, 1.54) is 23.1 Å². The van der Waals surface area contributed by atoms with E-state index in [-0.39, 0.29) is 35.4 Å². The zero-order chi connectivity index (χ0) is 15.4. The van der Waals surface area contributed by atoms with Gasteiger partial charge in [0.25, 0.3) is 5.91 Å². The third-order valence-corrected chi connectivity index (χ3v) is 3.31. The van der Waals surface area contributed by atoms with Gasteiger partial charge in [0.2, 0.25) is 5.91 Å². The van der Waals surface area contributed by atoms with Crippen molar-refractivity contribution >= 4 is 17.5 Å². The van der Waals surface area contributed by atoms with E-state index in [0.29, 0.717) is 19.7 Å². The molecule has 114 valence electrons. The first-order valence-electron chi connectivity index (χ1n) is 6.79. The highest BCUT2D eigenvalue weighted by Crippen LogP contribution is 2.22. The van der Waals surface area contributed by atoms with E-state index in [1.807, 2.05) is 0 Å². The minimum absolute atomic E-state index is 0.0460. The Balaban J connectivity index is 2.26. The van der Waals surface area contributed by atoms with Crippen molar-refractivity contribution in [3.63, 3.8) is 0 Å². The number of anilines is 1. The highest BCUT2D eigenvalue weighted by Gasteiger charge is 2.33. The maximum atomic E-state index is 12.6. The molecular weight excluding hydrogens is 274 g/mol. The molecule has 21 heavy (non-hydrogen) atoms. The zero-order valence-corrected chi connectivity index (χ0v) is 11.8. The van der Waals surface area contributed by atoms with Crippen LogP contribution in [-0.2, 0) is 9.53 Å². The summed E-state index contributed by atoms with van der Waals surface area (Å²) in [7, 11) is 0. The fourth-order valence-corrected chi connectivity index (χ4v) is 2.24. The molecular formula is C14H19N3O4. The smallest absolute Gasteiger partial charge is 0.256 e. The SMILES string of the molecule is CCNC(=O)C1COCCN1C(=O)c1cc(O)ccc1N. The number of nitrogens with two attached hydrogens (primary N) is 1. The lowest BCUT2D eigenvalue weighted by atomic mass is 10.1. The first-order chi connectivity index (χ1) is 10.0. The number of rotatable bonds is 3. The van der Waals surface area contributed by atoms with Crippen LogP contribution in [0.15, 0.2) is 18.2 Å². The van der Waals surface area contributed by atoms with Crippen LogP contribution in [0.4, 0.5) is 5.69 Å². The Kier molecular flexibility index (Phi) is 4.64. The maximum Gasteiger partial charge on any atom is 0.256 e. The lowest BCUT2D eigenvalue weighted by molar-refractivity contribution is -0.130. The number of hydrogen-bond acceptors (Lipinski definition) is 5. The van der Waals surface area contributed by atoms with E-state index in [2.05, 4.69) is 5.32 Å². The molecule has 4 N–H and O–H groups in total. The van der Waals surface area contributed by atoms with Gasteiger partial charge in [0.05, 0.1) is 18.8 Å². The fraction of sp³-hybridized carbons (Fsp3) is 0.429. The van der Waals surface area contributed by atoms with Crippen molar-refractivity contribution in [2.75, 3.05) is 32.0 Å². The number of nitrogens with one attached hydrogen (secondary N) is 1. The van der Waals surface area contributed by atoms with Gasteiger partial charge in [-0.3, -0.25) is 9.59 Å². The summed E-state index contributed by atoms with van der Waals surface area (Å²) in [5.74, 6) is -0.692. The molecule has 2 rings (SSSR count). The van der Waals surface area contributed by atoms with E-state index < -0.39 is 6.04 Å². The van der Waals surface area contributed by atoms with Crippen LogP contribution in [0.2, 0.25) is 0 Å². The Morgan fingerprint density at radius 3 is 3.00 bits per heavy atom. The number of ether oxygens (including phenoxy) is 1. The summed E-state index contributed by atoms with van der Waals surface area (Å²) < 4.78 is 5.28. The lowest BCUT2D eigenvalue weighted by Gasteiger charge is -2.34. The standard InChI is InChI=1S/C14H19N3O4/c1-2-16-13(19)12-8-21-6-5-17(12)14(20)10-7-9(18)3-4-11(10)15/h3-4,7,12,18H,2,5-6,8,15H2,1H3,(H,16,19). The average Bonchev–Trinajstić information content (AvgIpc) is 2.49. The Hall–Kier alpha value is -2.28. The number of nitrogen functional groups attached to an aromatic ring is 1. The van der Waals surface area contributed by atoms with Crippen LogP contribution in [0.5, 0.6) is 5.75 Å². The van der Waals surface area contributed by atoms with Gasteiger partial charge < -0.3 is 25.8 Å². The van der Waals surface area contributed by atoms with E-state index in [0.717, 1.165) is 0 Å². The largest absolute Gasteiger partial charge is 0.508 e. The average molecular weight is 293 g/mol. The first-order valence-corrected chi connectivity index (χ1v) is 6.79. The molecule has 1 aromatic carbocycles. The molecule has 1 atom stereocenters. The molecule has 7 nitrogen and oxygen atoms in total. The molecule has 1 fully saturated rings. The number of phenolic OH excluding ortho intramolecular Hbond substituents is 1. The van der Waals surface area contributed by atoms with Gasteiger partial charge in [-0.05, 0) is 25.1 Å². The number of carbonyl (C=O) groups is 2. The molecule has 1 heterocycles. The van der Waals surface area contributed by atoms with Crippen molar-refractivity contribution in [2.45, 2.75) is 13.0 Å².